The van der Waals surface area contributed by atoms with Crippen LogP contribution in [0.1, 0.15) is 6.92 Å². The van der Waals surface area contributed by atoms with E-state index in [2.05, 4.69) is 5.32 Å². The third-order valence-electron chi connectivity index (χ3n) is 1.27. The van der Waals surface area contributed by atoms with Crippen molar-refractivity contribution in [1.29, 1.82) is 0 Å². The van der Waals surface area contributed by atoms with Gasteiger partial charge < -0.3 is 5.32 Å². The lowest BCUT2D eigenvalue weighted by molar-refractivity contribution is 0.467. The fraction of sp³-hybridized carbons (Fsp3) is 1.00. The molecular formula is C6H14FNOS. The van der Waals surface area contributed by atoms with E-state index in [-0.39, 0.29) is 11.9 Å². The molecule has 0 radical (unpaired) electrons. The van der Waals surface area contributed by atoms with Gasteiger partial charge in [-0.05, 0) is 6.92 Å². The maximum Gasteiger partial charge on any atom is 0.102 e. The minimum absolute atomic E-state index is 0.117. The molecule has 0 aromatic carbocycles. The summed E-state index contributed by atoms with van der Waals surface area (Å²) in [5.74, 6) is 0. The van der Waals surface area contributed by atoms with Crippen LogP contribution in [0.2, 0.25) is 0 Å². The summed E-state index contributed by atoms with van der Waals surface area (Å²) in [5, 5.41) is 2.97. The second-order valence-corrected chi connectivity index (χ2v) is 4.00. The lowest BCUT2D eigenvalue weighted by Gasteiger charge is -2.07. The molecule has 0 amide bonds. The Morgan fingerprint density at radius 3 is 2.70 bits per heavy atom. The minimum Gasteiger partial charge on any atom is -0.313 e. The van der Waals surface area contributed by atoms with Crippen LogP contribution in [0.4, 0.5) is 4.39 Å². The first-order valence-electron chi connectivity index (χ1n) is 3.27. The van der Waals surface area contributed by atoms with Gasteiger partial charge in [-0.15, -0.1) is 0 Å². The number of alkyl halides is 1. The van der Waals surface area contributed by atoms with E-state index in [1.165, 1.54) is 0 Å². The van der Waals surface area contributed by atoms with Crippen molar-refractivity contribution in [3.63, 3.8) is 0 Å². The Kier molecular flexibility index (Phi) is 5.82. The molecule has 0 bridgehead atoms. The summed E-state index contributed by atoms with van der Waals surface area (Å²) >= 11 is 0. The van der Waals surface area contributed by atoms with E-state index >= 15 is 0 Å². The van der Waals surface area contributed by atoms with Crippen molar-refractivity contribution in [2.45, 2.75) is 12.2 Å². The predicted octanol–water partition coefficient (Wildman–Crippen LogP) is 0.313. The highest BCUT2D eigenvalue weighted by Crippen LogP contribution is 1.88. The molecule has 0 saturated heterocycles. The topological polar surface area (TPSA) is 29.1 Å². The highest BCUT2D eigenvalue weighted by molar-refractivity contribution is 7.84. The molecule has 0 aromatic rings. The number of rotatable bonds is 5. The summed E-state index contributed by atoms with van der Waals surface area (Å²) in [5.41, 5.74) is 0. The van der Waals surface area contributed by atoms with Crippen molar-refractivity contribution in [3.8, 4) is 0 Å². The predicted molar refractivity (Wildman–Crippen MR) is 42.4 cm³/mol. The molecule has 0 spiro atoms. The van der Waals surface area contributed by atoms with Crippen molar-refractivity contribution in [2.24, 2.45) is 0 Å². The molecule has 4 heteroatoms. The third-order valence-corrected chi connectivity index (χ3v) is 2.57. The van der Waals surface area contributed by atoms with Crippen LogP contribution < -0.4 is 5.32 Å². The molecule has 0 heterocycles. The summed E-state index contributed by atoms with van der Waals surface area (Å²) in [4.78, 5) is 0. The van der Waals surface area contributed by atoms with Gasteiger partial charge in [0.15, 0.2) is 0 Å². The van der Waals surface area contributed by atoms with Crippen molar-refractivity contribution < 1.29 is 8.60 Å². The molecule has 0 saturated carbocycles. The molecule has 2 nitrogen and oxygen atoms in total. The van der Waals surface area contributed by atoms with Gasteiger partial charge in [0.1, 0.15) is 6.67 Å². The van der Waals surface area contributed by atoms with Gasteiger partial charge in [0.05, 0.1) is 0 Å². The van der Waals surface area contributed by atoms with Crippen molar-refractivity contribution >= 4 is 10.8 Å². The van der Waals surface area contributed by atoms with Gasteiger partial charge in [0.25, 0.3) is 0 Å². The molecule has 2 unspecified atom stereocenters. The average Bonchev–Trinajstić information content (AvgIpc) is 1.88. The SMILES string of the molecule is CC(CNCCF)S(C)=O. The highest BCUT2D eigenvalue weighted by atomic mass is 32.2. The molecule has 0 fully saturated rings. The van der Waals surface area contributed by atoms with Crippen LogP contribution in [-0.4, -0.2) is 35.5 Å². The summed E-state index contributed by atoms with van der Waals surface area (Å²) in [6.07, 6.45) is 1.65. The molecule has 1 N–H and O–H groups in total. The Labute approximate surface area is 63.7 Å². The first kappa shape index (κ1) is 10.0. The second-order valence-electron chi connectivity index (χ2n) is 2.20. The van der Waals surface area contributed by atoms with E-state index in [9.17, 15) is 8.60 Å². The zero-order chi connectivity index (χ0) is 7.98. The zero-order valence-electron chi connectivity index (χ0n) is 6.39. The van der Waals surface area contributed by atoms with Crippen LogP contribution in [-0.2, 0) is 10.8 Å². The summed E-state index contributed by atoms with van der Waals surface area (Å²) in [7, 11) is -0.799. The number of hydrogen-bond acceptors (Lipinski definition) is 2. The van der Waals surface area contributed by atoms with Crippen molar-refractivity contribution in [2.75, 3.05) is 26.0 Å². The maximum absolute atomic E-state index is 11.5. The minimum atomic E-state index is -0.799. The van der Waals surface area contributed by atoms with Crippen molar-refractivity contribution in [3.05, 3.63) is 0 Å². The van der Waals surface area contributed by atoms with Gasteiger partial charge in [-0.1, -0.05) is 0 Å². The van der Waals surface area contributed by atoms with E-state index in [1.807, 2.05) is 6.92 Å². The Morgan fingerprint density at radius 2 is 2.30 bits per heavy atom. The van der Waals surface area contributed by atoms with Crippen LogP contribution >= 0.6 is 0 Å². The number of halogens is 1. The molecular weight excluding hydrogens is 153 g/mol. The molecule has 62 valence electrons. The molecule has 0 aromatic heterocycles. The number of hydrogen-bond donors (Lipinski definition) is 1. The van der Waals surface area contributed by atoms with E-state index in [4.69, 9.17) is 0 Å². The third kappa shape index (κ3) is 4.88. The maximum atomic E-state index is 11.5. The first-order chi connectivity index (χ1) is 4.68. The van der Waals surface area contributed by atoms with E-state index < -0.39 is 10.8 Å². The summed E-state index contributed by atoms with van der Waals surface area (Å²) < 4.78 is 22.2. The van der Waals surface area contributed by atoms with Crippen LogP contribution in [0.25, 0.3) is 0 Å². The summed E-state index contributed by atoms with van der Waals surface area (Å²) in [6.45, 7) is 2.51. The van der Waals surface area contributed by atoms with E-state index in [1.54, 1.807) is 6.26 Å². The zero-order valence-corrected chi connectivity index (χ0v) is 7.21. The quantitative estimate of drug-likeness (QED) is 0.597. The van der Waals surface area contributed by atoms with Crippen LogP contribution in [0.15, 0.2) is 0 Å². The van der Waals surface area contributed by atoms with E-state index in [0.717, 1.165) is 0 Å². The Morgan fingerprint density at radius 1 is 1.70 bits per heavy atom. The lowest BCUT2D eigenvalue weighted by atomic mass is 10.5. The van der Waals surface area contributed by atoms with Crippen molar-refractivity contribution in [1.82, 2.24) is 5.32 Å². The van der Waals surface area contributed by atoms with E-state index in [0.29, 0.717) is 13.1 Å². The van der Waals surface area contributed by atoms with Gasteiger partial charge in [0, 0.05) is 35.4 Å². The van der Waals surface area contributed by atoms with Crippen LogP contribution in [0.3, 0.4) is 0 Å². The van der Waals surface area contributed by atoms with Crippen LogP contribution in [0.5, 0.6) is 0 Å². The van der Waals surface area contributed by atoms with Gasteiger partial charge in [-0.3, -0.25) is 4.21 Å². The average molecular weight is 167 g/mol. The largest absolute Gasteiger partial charge is 0.313 e. The molecule has 0 rings (SSSR count). The molecule has 10 heavy (non-hydrogen) atoms. The van der Waals surface area contributed by atoms with Gasteiger partial charge in [0.2, 0.25) is 0 Å². The summed E-state index contributed by atoms with van der Waals surface area (Å²) in [6, 6.07) is 0. The number of nitrogens with one attached hydrogen (secondary N) is 1. The Balaban J connectivity index is 3.21. The molecule has 0 aliphatic rings. The first-order valence-corrected chi connectivity index (χ1v) is 4.89. The standard InChI is InChI=1S/C6H14FNOS/c1-6(10(2)9)5-8-4-3-7/h6,8H,3-5H2,1-2H3. The smallest absolute Gasteiger partial charge is 0.102 e. The monoisotopic (exact) mass is 167 g/mol. The molecule has 0 aliphatic heterocycles. The van der Waals surface area contributed by atoms with Gasteiger partial charge in [-0.25, -0.2) is 4.39 Å². The normalized spacial score (nSPS) is 16.7. The fourth-order valence-corrected chi connectivity index (χ4v) is 0.842. The van der Waals surface area contributed by atoms with Gasteiger partial charge >= 0.3 is 0 Å². The highest BCUT2D eigenvalue weighted by Gasteiger charge is 2.03. The Bertz CT molecular complexity index is 110. The second kappa shape index (κ2) is 5.80. The Hall–Kier alpha value is 0.0400. The molecule has 0 aliphatic carbocycles. The molecule has 2 atom stereocenters. The van der Waals surface area contributed by atoms with Crippen LogP contribution in [0, 0.1) is 0 Å². The van der Waals surface area contributed by atoms with Gasteiger partial charge in [-0.2, -0.15) is 0 Å². The fourth-order valence-electron chi connectivity index (χ4n) is 0.489. The lowest BCUT2D eigenvalue weighted by Crippen LogP contribution is -2.28.